The number of esters is 1. The van der Waals surface area contributed by atoms with Gasteiger partial charge in [0.15, 0.2) is 11.5 Å². The molecule has 0 radical (unpaired) electrons. The fraction of sp³-hybridized carbons (Fsp3) is 0.375. The van der Waals surface area contributed by atoms with Crippen molar-refractivity contribution in [1.29, 1.82) is 0 Å². The number of carbonyl (C=O) groups is 1. The molecule has 2 aromatic rings. The monoisotopic (exact) mass is 391 g/mol. The molecule has 0 N–H and O–H groups in total. The number of carbonyl (C=O) groups excluding carboxylic acids is 1. The lowest BCUT2D eigenvalue weighted by Gasteiger charge is -2.36. The Labute approximate surface area is 170 Å². The molecule has 29 heavy (non-hydrogen) atoms. The minimum atomic E-state index is -0.303. The number of hydrogen-bond donors (Lipinski definition) is 0. The van der Waals surface area contributed by atoms with Crippen LogP contribution < -0.4 is 9.47 Å². The zero-order valence-corrected chi connectivity index (χ0v) is 16.8. The van der Waals surface area contributed by atoms with Crippen molar-refractivity contribution in [3.8, 4) is 11.5 Å². The van der Waals surface area contributed by atoms with E-state index in [0.29, 0.717) is 12.0 Å². The van der Waals surface area contributed by atoms with E-state index in [1.165, 1.54) is 11.1 Å². The minimum Gasteiger partial charge on any atom is -0.493 e. The minimum absolute atomic E-state index is 0.0716. The highest BCUT2D eigenvalue weighted by molar-refractivity contribution is 5.89. The van der Waals surface area contributed by atoms with Crippen molar-refractivity contribution < 1.29 is 19.0 Å². The Morgan fingerprint density at radius 3 is 2.83 bits per heavy atom. The van der Waals surface area contributed by atoms with E-state index in [1.54, 1.807) is 19.2 Å². The third-order valence-corrected chi connectivity index (χ3v) is 6.40. The second-order valence-electron chi connectivity index (χ2n) is 8.17. The van der Waals surface area contributed by atoms with Crippen molar-refractivity contribution in [2.24, 2.45) is 0 Å². The van der Waals surface area contributed by atoms with Crippen LogP contribution >= 0.6 is 0 Å². The number of rotatable bonds is 3. The smallest absolute Gasteiger partial charge is 0.338 e. The maximum atomic E-state index is 12.5. The number of benzene rings is 2. The predicted molar refractivity (Wildman–Crippen MR) is 109 cm³/mol. The van der Waals surface area contributed by atoms with Crippen LogP contribution in [0.25, 0.3) is 0 Å². The molecule has 5 nitrogen and oxygen atoms in total. The Bertz CT molecular complexity index is 970. The average Bonchev–Trinajstić information content (AvgIpc) is 3.00. The number of ether oxygens (including phenoxy) is 3. The summed E-state index contributed by atoms with van der Waals surface area (Å²) < 4.78 is 17.9. The Morgan fingerprint density at radius 1 is 1.21 bits per heavy atom. The molecule has 0 saturated heterocycles. The van der Waals surface area contributed by atoms with Crippen molar-refractivity contribution in [1.82, 2.24) is 4.90 Å². The van der Waals surface area contributed by atoms with Gasteiger partial charge >= 0.3 is 5.97 Å². The first kappa shape index (κ1) is 18.3. The highest BCUT2D eigenvalue weighted by Crippen LogP contribution is 2.55. The SMILES string of the molecule is COc1ccc2c3c1O[C@@H]1C[C@H](OC(=O)c4ccccc4)C=C[C@]31CCN(C)C2. The number of hydrogen-bond acceptors (Lipinski definition) is 5. The Balaban J connectivity index is 1.48. The van der Waals surface area contributed by atoms with Gasteiger partial charge in [0.25, 0.3) is 0 Å². The van der Waals surface area contributed by atoms with Crippen LogP contribution in [0.15, 0.2) is 54.6 Å². The fourth-order valence-corrected chi connectivity index (χ4v) is 4.93. The van der Waals surface area contributed by atoms with Gasteiger partial charge < -0.3 is 19.1 Å². The Hall–Kier alpha value is -2.79. The Kier molecular flexibility index (Phi) is 4.36. The molecule has 0 amide bonds. The van der Waals surface area contributed by atoms with E-state index in [-0.39, 0.29) is 23.6 Å². The zero-order valence-electron chi connectivity index (χ0n) is 16.8. The molecule has 5 heteroatoms. The quantitative estimate of drug-likeness (QED) is 0.590. The van der Waals surface area contributed by atoms with Gasteiger partial charge in [0, 0.05) is 18.5 Å². The lowest BCUT2D eigenvalue weighted by Crippen LogP contribution is -2.43. The van der Waals surface area contributed by atoms with Crippen molar-refractivity contribution >= 4 is 5.97 Å². The normalized spacial score (nSPS) is 27.4. The van der Waals surface area contributed by atoms with Gasteiger partial charge in [-0.25, -0.2) is 4.79 Å². The second-order valence-corrected chi connectivity index (χ2v) is 8.17. The van der Waals surface area contributed by atoms with Crippen molar-refractivity contribution in [2.45, 2.75) is 37.0 Å². The summed E-state index contributed by atoms with van der Waals surface area (Å²) in [5.74, 6) is 1.32. The van der Waals surface area contributed by atoms with Crippen LogP contribution in [0.1, 0.15) is 34.3 Å². The summed E-state index contributed by atoms with van der Waals surface area (Å²) in [5, 5.41) is 0. The maximum absolute atomic E-state index is 12.5. The molecule has 3 atom stereocenters. The molecule has 5 rings (SSSR count). The van der Waals surface area contributed by atoms with Gasteiger partial charge in [-0.2, -0.15) is 0 Å². The first-order valence-corrected chi connectivity index (χ1v) is 10.1. The standard InChI is InChI=1S/C24H25NO4/c1-25-13-12-24-11-10-18(28-23(26)16-6-4-3-5-7-16)14-20(24)29-22-19(27-2)9-8-17(15-25)21(22)24/h3-11,18,20H,12-15H2,1-2H3/t18-,20-,24-/m1/s1. The molecule has 0 aromatic heterocycles. The highest BCUT2D eigenvalue weighted by atomic mass is 16.6. The summed E-state index contributed by atoms with van der Waals surface area (Å²) in [6.45, 7) is 1.87. The summed E-state index contributed by atoms with van der Waals surface area (Å²) in [6.07, 6.45) is 5.50. The van der Waals surface area contributed by atoms with Gasteiger partial charge in [0.2, 0.25) is 0 Å². The molecule has 0 fully saturated rings. The van der Waals surface area contributed by atoms with E-state index in [9.17, 15) is 4.79 Å². The van der Waals surface area contributed by atoms with Gasteiger partial charge in [-0.3, -0.25) is 0 Å². The van der Waals surface area contributed by atoms with Crippen molar-refractivity contribution in [3.05, 3.63) is 71.3 Å². The molecule has 0 unspecified atom stereocenters. The third-order valence-electron chi connectivity index (χ3n) is 6.40. The molecule has 0 saturated carbocycles. The van der Waals surface area contributed by atoms with Crippen LogP contribution in [0.4, 0.5) is 0 Å². The molecular weight excluding hydrogens is 366 g/mol. The number of methoxy groups -OCH3 is 1. The highest BCUT2D eigenvalue weighted by Gasteiger charge is 2.53. The van der Waals surface area contributed by atoms with Gasteiger partial charge in [-0.05, 0) is 49.9 Å². The van der Waals surface area contributed by atoms with Crippen LogP contribution in [0.3, 0.4) is 0 Å². The van der Waals surface area contributed by atoms with Gasteiger partial charge in [-0.1, -0.05) is 30.3 Å². The summed E-state index contributed by atoms with van der Waals surface area (Å²) >= 11 is 0. The zero-order chi connectivity index (χ0) is 20.0. The van der Waals surface area contributed by atoms with E-state index in [2.05, 4.69) is 24.1 Å². The third kappa shape index (κ3) is 2.92. The fourth-order valence-electron chi connectivity index (χ4n) is 4.93. The van der Waals surface area contributed by atoms with E-state index in [0.717, 1.165) is 31.0 Å². The van der Waals surface area contributed by atoms with Crippen LogP contribution in [0.2, 0.25) is 0 Å². The first-order chi connectivity index (χ1) is 14.1. The number of nitrogens with zero attached hydrogens (tertiary/aromatic N) is 1. The second kappa shape index (κ2) is 6.92. The van der Waals surface area contributed by atoms with Crippen LogP contribution in [0, 0.1) is 0 Å². The molecule has 2 aliphatic heterocycles. The van der Waals surface area contributed by atoms with Gasteiger partial charge in [0.05, 0.1) is 18.1 Å². The van der Waals surface area contributed by atoms with Crippen molar-refractivity contribution in [2.75, 3.05) is 20.7 Å². The average molecular weight is 391 g/mol. The Morgan fingerprint density at radius 2 is 2.03 bits per heavy atom. The van der Waals surface area contributed by atoms with E-state index >= 15 is 0 Å². The molecule has 2 heterocycles. The van der Waals surface area contributed by atoms with Gasteiger partial charge in [0.1, 0.15) is 12.2 Å². The van der Waals surface area contributed by atoms with Gasteiger partial charge in [-0.15, -0.1) is 0 Å². The largest absolute Gasteiger partial charge is 0.493 e. The lowest BCUT2D eigenvalue weighted by molar-refractivity contribution is 0.0218. The molecule has 0 bridgehead atoms. The van der Waals surface area contributed by atoms with Crippen LogP contribution in [0.5, 0.6) is 11.5 Å². The predicted octanol–water partition coefficient (Wildman–Crippen LogP) is 3.72. The molecule has 1 aliphatic carbocycles. The molecular formula is C24H25NO4. The first-order valence-electron chi connectivity index (χ1n) is 10.1. The summed E-state index contributed by atoms with van der Waals surface area (Å²) in [6, 6.07) is 13.3. The maximum Gasteiger partial charge on any atom is 0.338 e. The lowest BCUT2D eigenvalue weighted by atomic mass is 9.69. The summed E-state index contributed by atoms with van der Waals surface area (Å²) in [4.78, 5) is 14.9. The molecule has 150 valence electrons. The summed E-state index contributed by atoms with van der Waals surface area (Å²) in [5.41, 5.74) is 2.90. The molecule has 1 spiro atoms. The van der Waals surface area contributed by atoms with E-state index in [4.69, 9.17) is 14.2 Å². The van der Waals surface area contributed by atoms with Crippen LogP contribution in [-0.4, -0.2) is 43.8 Å². The summed E-state index contributed by atoms with van der Waals surface area (Å²) in [7, 11) is 3.83. The molecule has 2 aromatic carbocycles. The topological polar surface area (TPSA) is 48.0 Å². The van der Waals surface area contributed by atoms with E-state index < -0.39 is 0 Å². The van der Waals surface area contributed by atoms with Crippen LogP contribution in [-0.2, 0) is 16.7 Å². The van der Waals surface area contributed by atoms with E-state index in [1.807, 2.05) is 30.3 Å². The van der Waals surface area contributed by atoms with Crippen molar-refractivity contribution in [3.63, 3.8) is 0 Å². The molecule has 3 aliphatic rings.